The molecule has 118 valence electrons. The van der Waals surface area contributed by atoms with E-state index in [0.29, 0.717) is 19.0 Å². The summed E-state index contributed by atoms with van der Waals surface area (Å²) >= 11 is 0. The molecule has 1 amide bonds. The molecule has 0 radical (unpaired) electrons. The highest BCUT2D eigenvalue weighted by Crippen LogP contribution is 2.07. The predicted octanol–water partition coefficient (Wildman–Crippen LogP) is 0.103. The van der Waals surface area contributed by atoms with Gasteiger partial charge in [-0.3, -0.25) is 4.79 Å². The molecule has 1 rings (SSSR count). The van der Waals surface area contributed by atoms with Crippen LogP contribution in [0, 0.1) is 0 Å². The van der Waals surface area contributed by atoms with Crippen molar-refractivity contribution in [1.29, 1.82) is 0 Å². The highest BCUT2D eigenvalue weighted by molar-refractivity contribution is 7.89. The third-order valence-corrected chi connectivity index (χ3v) is 3.82. The summed E-state index contributed by atoms with van der Waals surface area (Å²) in [5.41, 5.74) is 0. The van der Waals surface area contributed by atoms with Crippen LogP contribution >= 0.6 is 0 Å². The van der Waals surface area contributed by atoms with Gasteiger partial charge in [-0.1, -0.05) is 13.8 Å². The molecule has 9 heteroatoms. The van der Waals surface area contributed by atoms with Crippen molar-refractivity contribution in [3.05, 3.63) is 12.4 Å². The Morgan fingerprint density at radius 3 is 2.33 bits per heavy atom. The quantitative estimate of drug-likeness (QED) is 0.596. The first kappa shape index (κ1) is 17.3. The number of nitrogens with zero attached hydrogens (tertiary/aromatic N) is 2. The average molecular weight is 315 g/mol. The number of rotatable bonds is 9. The lowest BCUT2D eigenvalue weighted by molar-refractivity contribution is -0.119. The van der Waals surface area contributed by atoms with Crippen LogP contribution in [0.4, 0.5) is 5.95 Å². The summed E-state index contributed by atoms with van der Waals surface area (Å²) in [6.07, 6.45) is 4.12. The van der Waals surface area contributed by atoms with Gasteiger partial charge < -0.3 is 10.6 Å². The molecule has 1 aromatic rings. The summed E-state index contributed by atoms with van der Waals surface area (Å²) < 4.78 is 26.1. The van der Waals surface area contributed by atoms with E-state index in [1.165, 1.54) is 12.4 Å². The summed E-state index contributed by atoms with van der Waals surface area (Å²) in [5, 5.41) is 5.53. The van der Waals surface area contributed by atoms with Gasteiger partial charge in [-0.2, -0.15) is 0 Å². The molecule has 21 heavy (non-hydrogen) atoms. The molecule has 0 unspecified atom stereocenters. The van der Waals surface area contributed by atoms with Crippen molar-refractivity contribution in [2.24, 2.45) is 0 Å². The Balaban J connectivity index is 2.59. The molecule has 0 bridgehead atoms. The fourth-order valence-corrected chi connectivity index (χ4v) is 2.22. The topological polar surface area (TPSA) is 113 Å². The van der Waals surface area contributed by atoms with Gasteiger partial charge in [0.2, 0.25) is 21.9 Å². The molecule has 1 aromatic heterocycles. The second-order valence-electron chi connectivity index (χ2n) is 4.34. The van der Waals surface area contributed by atoms with Crippen molar-refractivity contribution in [2.45, 2.75) is 31.6 Å². The molecular weight excluding hydrogens is 294 g/mol. The van der Waals surface area contributed by atoms with Crippen LogP contribution in [0.25, 0.3) is 0 Å². The first-order valence-electron chi connectivity index (χ1n) is 6.82. The number of nitrogens with one attached hydrogen (secondary N) is 3. The molecule has 0 aromatic carbocycles. The molecule has 1 heterocycles. The number of aromatic nitrogens is 2. The second-order valence-corrected chi connectivity index (χ2v) is 6.11. The van der Waals surface area contributed by atoms with Crippen LogP contribution in [-0.2, 0) is 14.8 Å². The third kappa shape index (κ3) is 6.05. The van der Waals surface area contributed by atoms with E-state index >= 15 is 0 Å². The maximum atomic E-state index is 11.9. The average Bonchev–Trinajstić information content (AvgIpc) is 2.49. The Bertz CT molecular complexity index is 545. The summed E-state index contributed by atoms with van der Waals surface area (Å²) in [6, 6.07) is 0. The lowest BCUT2D eigenvalue weighted by atomic mass is 10.5. The number of amides is 1. The van der Waals surface area contributed by atoms with E-state index < -0.39 is 10.0 Å². The van der Waals surface area contributed by atoms with E-state index in [1.807, 2.05) is 13.8 Å². The van der Waals surface area contributed by atoms with E-state index in [2.05, 4.69) is 25.3 Å². The van der Waals surface area contributed by atoms with E-state index in [9.17, 15) is 13.2 Å². The van der Waals surface area contributed by atoms with Gasteiger partial charge in [0.1, 0.15) is 4.90 Å². The van der Waals surface area contributed by atoms with Crippen LogP contribution in [0.15, 0.2) is 17.3 Å². The molecule has 0 spiro atoms. The van der Waals surface area contributed by atoms with Gasteiger partial charge in [0.05, 0.1) is 18.9 Å². The van der Waals surface area contributed by atoms with Crippen LogP contribution in [0.2, 0.25) is 0 Å². The Morgan fingerprint density at radius 1 is 1.14 bits per heavy atom. The first-order valence-corrected chi connectivity index (χ1v) is 8.30. The van der Waals surface area contributed by atoms with Crippen molar-refractivity contribution >= 4 is 21.9 Å². The number of sulfonamides is 1. The number of carbonyl (C=O) groups excluding carboxylic acids is 1. The molecule has 0 aliphatic rings. The Morgan fingerprint density at radius 2 is 1.76 bits per heavy atom. The molecule has 0 fully saturated rings. The lowest BCUT2D eigenvalue weighted by Crippen LogP contribution is -2.37. The minimum atomic E-state index is -3.78. The normalized spacial score (nSPS) is 11.1. The predicted molar refractivity (Wildman–Crippen MR) is 79.3 cm³/mol. The second kappa shape index (κ2) is 8.53. The Labute approximate surface area is 124 Å². The van der Waals surface area contributed by atoms with Crippen LogP contribution < -0.4 is 15.4 Å². The van der Waals surface area contributed by atoms with Gasteiger partial charge in [0, 0.05) is 13.1 Å². The number of hydrogen-bond donors (Lipinski definition) is 3. The van der Waals surface area contributed by atoms with Crippen molar-refractivity contribution < 1.29 is 13.2 Å². The smallest absolute Gasteiger partial charge is 0.244 e. The molecule has 0 aliphatic carbocycles. The monoisotopic (exact) mass is 315 g/mol. The largest absolute Gasteiger partial charge is 0.355 e. The van der Waals surface area contributed by atoms with Gasteiger partial charge >= 0.3 is 0 Å². The lowest BCUT2D eigenvalue weighted by Gasteiger charge is -2.07. The molecular formula is C12H21N5O3S. The minimum absolute atomic E-state index is 0.0761. The molecule has 0 saturated carbocycles. The van der Waals surface area contributed by atoms with Crippen molar-refractivity contribution in [1.82, 2.24) is 20.0 Å². The minimum Gasteiger partial charge on any atom is -0.355 e. The van der Waals surface area contributed by atoms with Crippen LogP contribution in [0.5, 0.6) is 0 Å². The molecule has 0 saturated heterocycles. The van der Waals surface area contributed by atoms with Crippen molar-refractivity contribution in [2.75, 3.05) is 25.0 Å². The number of anilines is 1. The number of hydrogen-bond acceptors (Lipinski definition) is 6. The third-order valence-electron chi connectivity index (χ3n) is 2.47. The highest BCUT2D eigenvalue weighted by Gasteiger charge is 2.16. The highest BCUT2D eigenvalue weighted by atomic mass is 32.2. The fraction of sp³-hybridized carbons (Fsp3) is 0.583. The van der Waals surface area contributed by atoms with E-state index in [0.717, 1.165) is 12.8 Å². The Kier molecular flexibility index (Phi) is 7.03. The van der Waals surface area contributed by atoms with Crippen molar-refractivity contribution in [3.63, 3.8) is 0 Å². The van der Waals surface area contributed by atoms with Crippen LogP contribution in [0.1, 0.15) is 26.7 Å². The summed E-state index contributed by atoms with van der Waals surface area (Å²) in [6.45, 7) is 4.83. The molecule has 8 nitrogen and oxygen atoms in total. The van der Waals surface area contributed by atoms with E-state index in [-0.39, 0.29) is 17.3 Å². The summed E-state index contributed by atoms with van der Waals surface area (Å²) in [7, 11) is -3.78. The first-order chi connectivity index (χ1) is 9.99. The maximum absolute atomic E-state index is 11.9. The number of carbonyl (C=O) groups is 1. The molecule has 0 atom stereocenters. The zero-order chi connectivity index (χ0) is 15.7. The Hall–Kier alpha value is -1.74. The van der Waals surface area contributed by atoms with Crippen molar-refractivity contribution in [3.8, 4) is 0 Å². The van der Waals surface area contributed by atoms with E-state index in [1.54, 1.807) is 0 Å². The fourth-order valence-electron chi connectivity index (χ4n) is 1.35. The van der Waals surface area contributed by atoms with Gasteiger partial charge in [-0.15, -0.1) is 0 Å². The summed E-state index contributed by atoms with van der Waals surface area (Å²) in [5.74, 6) is -0.000866. The maximum Gasteiger partial charge on any atom is 0.244 e. The van der Waals surface area contributed by atoms with Crippen LogP contribution in [-0.4, -0.2) is 43.9 Å². The zero-order valence-electron chi connectivity index (χ0n) is 12.2. The summed E-state index contributed by atoms with van der Waals surface area (Å²) in [4.78, 5) is 19.1. The van der Waals surface area contributed by atoms with Crippen LogP contribution in [0.3, 0.4) is 0 Å². The standard InChI is InChI=1S/C12H21N5O3S/c1-3-5-13-11(18)9-17-21(19,20)10-7-15-12(16-8-10)14-6-4-2/h7-8,17H,3-6,9H2,1-2H3,(H,13,18)(H,14,15,16). The zero-order valence-corrected chi connectivity index (χ0v) is 13.0. The molecule has 3 N–H and O–H groups in total. The van der Waals surface area contributed by atoms with Gasteiger partial charge in [0.15, 0.2) is 0 Å². The molecule has 0 aliphatic heterocycles. The van der Waals surface area contributed by atoms with Gasteiger partial charge in [-0.05, 0) is 12.8 Å². The van der Waals surface area contributed by atoms with Gasteiger partial charge in [-0.25, -0.2) is 23.1 Å². The van der Waals surface area contributed by atoms with E-state index in [4.69, 9.17) is 0 Å². The van der Waals surface area contributed by atoms with Gasteiger partial charge in [0.25, 0.3) is 0 Å². The SMILES string of the molecule is CCCNC(=O)CNS(=O)(=O)c1cnc(NCCC)nc1.